The van der Waals surface area contributed by atoms with Gasteiger partial charge in [0.2, 0.25) is 0 Å². The Morgan fingerprint density at radius 1 is 1.07 bits per heavy atom. The standard InChI is InChI=1S/C26H34N2O2/c1-20-4-3-13-28(20)14-11-21-5-7-22(8-6-21)23-9-10-24-17-27(18-25(24)16-23)19-26(29)12-15-30-2/h5-10,16,20H,3-4,11-15,17-19H2,1-2H3. The van der Waals surface area contributed by atoms with Crippen LogP contribution in [-0.2, 0) is 29.0 Å². The molecular formula is C26H34N2O2. The van der Waals surface area contributed by atoms with E-state index in [1.165, 1.54) is 47.2 Å². The van der Waals surface area contributed by atoms with Crippen LogP contribution in [0.5, 0.6) is 0 Å². The Labute approximate surface area is 180 Å². The molecule has 1 fully saturated rings. The van der Waals surface area contributed by atoms with Crippen LogP contribution in [0.3, 0.4) is 0 Å². The third-order valence-electron chi connectivity index (χ3n) is 6.64. The van der Waals surface area contributed by atoms with Gasteiger partial charge in [0.25, 0.3) is 0 Å². The third kappa shape index (κ3) is 5.18. The summed E-state index contributed by atoms with van der Waals surface area (Å²) in [6.45, 7) is 7.51. The average molecular weight is 407 g/mol. The topological polar surface area (TPSA) is 32.8 Å². The van der Waals surface area contributed by atoms with Crippen LogP contribution in [0, 0.1) is 0 Å². The Morgan fingerprint density at radius 3 is 2.57 bits per heavy atom. The first kappa shape index (κ1) is 21.2. The molecule has 4 rings (SSSR count). The molecule has 160 valence electrons. The van der Waals surface area contributed by atoms with Crippen LogP contribution in [0.4, 0.5) is 0 Å². The minimum Gasteiger partial charge on any atom is -0.384 e. The lowest BCUT2D eigenvalue weighted by Crippen LogP contribution is -2.28. The number of rotatable bonds is 9. The van der Waals surface area contributed by atoms with Crippen molar-refractivity contribution < 1.29 is 9.53 Å². The Morgan fingerprint density at radius 2 is 1.83 bits per heavy atom. The number of fused-ring (bicyclic) bond motifs is 1. The molecule has 0 N–H and O–H groups in total. The molecule has 1 atom stereocenters. The predicted molar refractivity (Wildman–Crippen MR) is 121 cm³/mol. The van der Waals surface area contributed by atoms with Gasteiger partial charge in [-0.25, -0.2) is 0 Å². The first-order valence-corrected chi connectivity index (χ1v) is 11.3. The fourth-order valence-electron chi connectivity index (χ4n) is 4.76. The van der Waals surface area contributed by atoms with Gasteiger partial charge in [-0.1, -0.05) is 36.4 Å². The maximum Gasteiger partial charge on any atom is 0.149 e. The quantitative estimate of drug-likeness (QED) is 0.622. The molecule has 2 aliphatic heterocycles. The normalized spacial score (nSPS) is 19.3. The molecule has 0 aliphatic carbocycles. The number of Topliss-reactive ketones (excluding diaryl/α,β-unsaturated/α-hetero) is 1. The zero-order chi connectivity index (χ0) is 20.9. The molecule has 2 aromatic carbocycles. The van der Waals surface area contributed by atoms with Crippen LogP contribution in [0.2, 0.25) is 0 Å². The number of hydrogen-bond acceptors (Lipinski definition) is 4. The molecule has 1 unspecified atom stereocenters. The highest BCUT2D eigenvalue weighted by Crippen LogP contribution is 2.29. The van der Waals surface area contributed by atoms with E-state index in [9.17, 15) is 4.79 Å². The van der Waals surface area contributed by atoms with Crippen molar-refractivity contribution in [1.29, 1.82) is 0 Å². The van der Waals surface area contributed by atoms with Crippen LogP contribution in [-0.4, -0.2) is 55.0 Å². The summed E-state index contributed by atoms with van der Waals surface area (Å²) in [5.74, 6) is 0.254. The molecule has 0 aromatic heterocycles. The van der Waals surface area contributed by atoms with E-state index in [0.717, 1.165) is 32.1 Å². The number of carbonyl (C=O) groups excluding carboxylic acids is 1. The molecule has 1 saturated heterocycles. The van der Waals surface area contributed by atoms with Gasteiger partial charge in [-0.15, -0.1) is 0 Å². The highest BCUT2D eigenvalue weighted by Gasteiger charge is 2.21. The van der Waals surface area contributed by atoms with E-state index in [0.29, 0.717) is 19.6 Å². The second-order valence-electron chi connectivity index (χ2n) is 8.88. The van der Waals surface area contributed by atoms with Gasteiger partial charge in [0.05, 0.1) is 13.2 Å². The molecule has 2 heterocycles. The fraction of sp³-hybridized carbons (Fsp3) is 0.500. The van der Waals surface area contributed by atoms with Crippen molar-refractivity contribution >= 4 is 5.78 Å². The molecule has 2 aliphatic rings. The molecular weight excluding hydrogens is 372 g/mol. The lowest BCUT2D eigenvalue weighted by Gasteiger charge is -2.20. The van der Waals surface area contributed by atoms with Crippen LogP contribution < -0.4 is 0 Å². The van der Waals surface area contributed by atoms with Crippen molar-refractivity contribution in [2.75, 3.05) is 33.4 Å². The molecule has 0 spiro atoms. The van der Waals surface area contributed by atoms with Crippen molar-refractivity contribution in [3.63, 3.8) is 0 Å². The molecule has 0 bridgehead atoms. The second kappa shape index (κ2) is 9.86. The first-order valence-electron chi connectivity index (χ1n) is 11.3. The van der Waals surface area contributed by atoms with Crippen molar-refractivity contribution in [2.24, 2.45) is 0 Å². The molecule has 2 aromatic rings. The second-order valence-corrected chi connectivity index (χ2v) is 8.88. The molecule has 0 amide bonds. The summed E-state index contributed by atoms with van der Waals surface area (Å²) in [5.41, 5.74) is 6.64. The average Bonchev–Trinajstić information content (AvgIpc) is 3.35. The maximum absolute atomic E-state index is 12.1. The largest absolute Gasteiger partial charge is 0.384 e. The number of benzene rings is 2. The van der Waals surface area contributed by atoms with Gasteiger partial charge in [0.15, 0.2) is 0 Å². The van der Waals surface area contributed by atoms with Crippen LogP contribution in [0.1, 0.15) is 42.9 Å². The summed E-state index contributed by atoms with van der Waals surface area (Å²) in [6.07, 6.45) is 4.31. The monoisotopic (exact) mass is 406 g/mol. The molecule has 30 heavy (non-hydrogen) atoms. The lowest BCUT2D eigenvalue weighted by atomic mass is 9.99. The minimum absolute atomic E-state index is 0.254. The number of hydrogen-bond donors (Lipinski definition) is 0. The highest BCUT2D eigenvalue weighted by atomic mass is 16.5. The SMILES string of the molecule is COCCC(=O)CN1Cc2ccc(-c3ccc(CCN4CCCC4C)cc3)cc2C1. The van der Waals surface area contributed by atoms with E-state index in [4.69, 9.17) is 4.74 Å². The summed E-state index contributed by atoms with van der Waals surface area (Å²) in [5, 5.41) is 0. The first-order chi connectivity index (χ1) is 14.6. The number of methoxy groups -OCH3 is 1. The smallest absolute Gasteiger partial charge is 0.149 e. The number of likely N-dealkylation sites (tertiary alicyclic amines) is 1. The molecule has 0 saturated carbocycles. The van der Waals surface area contributed by atoms with Crippen molar-refractivity contribution in [1.82, 2.24) is 9.80 Å². The van der Waals surface area contributed by atoms with E-state index >= 15 is 0 Å². The lowest BCUT2D eigenvalue weighted by molar-refractivity contribution is -0.121. The van der Waals surface area contributed by atoms with Crippen LogP contribution in [0.15, 0.2) is 42.5 Å². The van der Waals surface area contributed by atoms with Gasteiger partial charge in [0, 0.05) is 39.2 Å². The van der Waals surface area contributed by atoms with Crippen molar-refractivity contribution in [3.05, 3.63) is 59.2 Å². The summed E-state index contributed by atoms with van der Waals surface area (Å²) < 4.78 is 5.02. The summed E-state index contributed by atoms with van der Waals surface area (Å²) >= 11 is 0. The molecule has 0 radical (unpaired) electrons. The number of nitrogens with zero attached hydrogens (tertiary/aromatic N) is 2. The zero-order valence-corrected chi connectivity index (χ0v) is 18.4. The Balaban J connectivity index is 1.34. The van der Waals surface area contributed by atoms with E-state index in [1.807, 2.05) is 0 Å². The highest BCUT2D eigenvalue weighted by molar-refractivity contribution is 5.80. The van der Waals surface area contributed by atoms with Crippen LogP contribution in [0.25, 0.3) is 11.1 Å². The molecule has 4 nitrogen and oxygen atoms in total. The third-order valence-corrected chi connectivity index (χ3v) is 6.64. The Hall–Kier alpha value is -2.01. The Bertz CT molecular complexity index is 862. The van der Waals surface area contributed by atoms with Gasteiger partial charge >= 0.3 is 0 Å². The van der Waals surface area contributed by atoms with E-state index in [2.05, 4.69) is 59.2 Å². The summed E-state index contributed by atoms with van der Waals surface area (Å²) in [6, 6.07) is 16.6. The van der Waals surface area contributed by atoms with Gasteiger partial charge in [-0.3, -0.25) is 9.69 Å². The number of carbonyl (C=O) groups is 1. The maximum atomic E-state index is 12.1. The zero-order valence-electron chi connectivity index (χ0n) is 18.4. The Kier molecular flexibility index (Phi) is 6.98. The van der Waals surface area contributed by atoms with E-state index in [1.54, 1.807) is 7.11 Å². The van der Waals surface area contributed by atoms with E-state index in [-0.39, 0.29) is 5.78 Å². The van der Waals surface area contributed by atoms with Gasteiger partial charge < -0.3 is 9.64 Å². The van der Waals surface area contributed by atoms with Crippen LogP contribution >= 0.6 is 0 Å². The number of ether oxygens (including phenoxy) is 1. The van der Waals surface area contributed by atoms with Gasteiger partial charge in [-0.05, 0) is 66.6 Å². The van der Waals surface area contributed by atoms with Crippen molar-refractivity contribution in [2.45, 2.75) is 51.7 Å². The predicted octanol–water partition coefficient (Wildman–Crippen LogP) is 4.30. The molecule has 4 heteroatoms. The van der Waals surface area contributed by atoms with Gasteiger partial charge in [-0.2, -0.15) is 0 Å². The van der Waals surface area contributed by atoms with E-state index < -0.39 is 0 Å². The van der Waals surface area contributed by atoms with Crippen molar-refractivity contribution in [3.8, 4) is 11.1 Å². The number of ketones is 1. The summed E-state index contributed by atoms with van der Waals surface area (Å²) in [4.78, 5) is 16.9. The fourth-order valence-corrected chi connectivity index (χ4v) is 4.76. The summed E-state index contributed by atoms with van der Waals surface area (Å²) in [7, 11) is 1.64. The minimum atomic E-state index is 0.254. The van der Waals surface area contributed by atoms with Gasteiger partial charge in [0.1, 0.15) is 5.78 Å².